The van der Waals surface area contributed by atoms with E-state index in [0.717, 1.165) is 24.1 Å². The highest BCUT2D eigenvalue weighted by molar-refractivity contribution is 6.30. The molecule has 1 aliphatic heterocycles. The van der Waals surface area contributed by atoms with Crippen LogP contribution < -0.4 is 16.0 Å². The summed E-state index contributed by atoms with van der Waals surface area (Å²) in [6, 6.07) is 9.19. The molecule has 2 unspecified atom stereocenters. The Hall–Kier alpha value is -2.38. The van der Waals surface area contributed by atoms with Gasteiger partial charge in [-0.25, -0.2) is 4.68 Å². The van der Waals surface area contributed by atoms with Crippen molar-refractivity contribution >= 4 is 29.2 Å². The fraction of sp³-hybridized carbons (Fsp3) is 0.476. The van der Waals surface area contributed by atoms with Crippen molar-refractivity contribution in [3.05, 3.63) is 46.6 Å². The van der Waals surface area contributed by atoms with Crippen molar-refractivity contribution < 1.29 is 9.59 Å². The monoisotopic (exact) mass is 415 g/mol. The second kappa shape index (κ2) is 8.16. The number of halogens is 1. The zero-order valence-electron chi connectivity index (χ0n) is 16.6. The Balaban J connectivity index is 1.53. The van der Waals surface area contributed by atoms with E-state index in [0.29, 0.717) is 29.1 Å². The van der Waals surface area contributed by atoms with Gasteiger partial charge in [0, 0.05) is 29.5 Å². The number of anilines is 1. The quantitative estimate of drug-likeness (QED) is 0.676. The molecule has 2 atom stereocenters. The third-order valence-corrected chi connectivity index (χ3v) is 5.67. The Labute approximate surface area is 175 Å². The average Bonchev–Trinajstić information content (AvgIpc) is 3.44. The van der Waals surface area contributed by atoms with Gasteiger partial charge in [0.05, 0.1) is 12.1 Å². The number of nitrogens with zero attached hydrogens (tertiary/aromatic N) is 2. The molecule has 0 radical (unpaired) electrons. The zero-order valence-corrected chi connectivity index (χ0v) is 17.4. The Bertz CT molecular complexity index is 904. The fourth-order valence-electron chi connectivity index (χ4n) is 3.53. The maximum atomic E-state index is 12.6. The predicted octanol–water partition coefficient (Wildman–Crippen LogP) is 3.19. The van der Waals surface area contributed by atoms with E-state index < -0.39 is 6.29 Å². The highest BCUT2D eigenvalue weighted by Crippen LogP contribution is 2.40. The largest absolute Gasteiger partial charge is 0.322 e. The minimum absolute atomic E-state index is 0.0191. The smallest absolute Gasteiger partial charge is 0.229 e. The van der Waals surface area contributed by atoms with E-state index in [9.17, 15) is 9.59 Å². The molecule has 2 aromatic rings. The molecule has 7 nitrogen and oxygen atoms in total. The van der Waals surface area contributed by atoms with E-state index >= 15 is 0 Å². The van der Waals surface area contributed by atoms with E-state index in [1.54, 1.807) is 16.8 Å². The predicted molar refractivity (Wildman–Crippen MR) is 112 cm³/mol. The number of carbonyl (C=O) groups is 2. The third kappa shape index (κ3) is 4.79. The Morgan fingerprint density at radius 3 is 2.69 bits per heavy atom. The van der Waals surface area contributed by atoms with Crippen LogP contribution in [0.2, 0.25) is 5.02 Å². The Morgan fingerprint density at radius 2 is 2.03 bits per heavy atom. The maximum absolute atomic E-state index is 12.6. The van der Waals surface area contributed by atoms with Gasteiger partial charge in [-0.1, -0.05) is 37.6 Å². The number of benzene rings is 1. The van der Waals surface area contributed by atoms with Crippen LogP contribution in [-0.4, -0.2) is 27.6 Å². The van der Waals surface area contributed by atoms with Gasteiger partial charge < -0.3 is 10.6 Å². The fourth-order valence-corrected chi connectivity index (χ4v) is 3.66. The third-order valence-electron chi connectivity index (χ3n) is 5.42. The van der Waals surface area contributed by atoms with Crippen molar-refractivity contribution in [1.29, 1.82) is 0 Å². The molecule has 29 heavy (non-hydrogen) atoms. The van der Waals surface area contributed by atoms with Crippen LogP contribution in [0.15, 0.2) is 30.3 Å². The molecule has 1 aromatic heterocycles. The van der Waals surface area contributed by atoms with E-state index in [1.165, 1.54) is 0 Å². The number of carbonyl (C=O) groups excluding carboxylic acids is 2. The van der Waals surface area contributed by atoms with Crippen LogP contribution in [0.4, 0.5) is 5.82 Å². The summed E-state index contributed by atoms with van der Waals surface area (Å²) >= 11 is 5.92. The van der Waals surface area contributed by atoms with Gasteiger partial charge in [-0.2, -0.15) is 5.10 Å². The molecule has 8 heteroatoms. The van der Waals surface area contributed by atoms with E-state index in [1.807, 2.05) is 18.2 Å². The molecule has 1 aliphatic carbocycles. The molecular formula is C21H26ClN5O2. The van der Waals surface area contributed by atoms with Gasteiger partial charge in [-0.15, -0.1) is 0 Å². The lowest BCUT2D eigenvalue weighted by atomic mass is 9.99. The summed E-state index contributed by atoms with van der Waals surface area (Å²) in [7, 11) is 0. The Kier molecular flexibility index (Phi) is 5.61. The van der Waals surface area contributed by atoms with Crippen molar-refractivity contribution in [3.8, 4) is 0 Å². The first-order chi connectivity index (χ1) is 13.9. The van der Waals surface area contributed by atoms with Gasteiger partial charge in [0.15, 0.2) is 6.29 Å². The molecule has 154 valence electrons. The van der Waals surface area contributed by atoms with E-state index in [-0.39, 0.29) is 24.3 Å². The molecule has 4 rings (SSSR count). The molecule has 0 spiro atoms. The number of rotatable bonds is 6. The van der Waals surface area contributed by atoms with Gasteiger partial charge in [0.1, 0.15) is 5.82 Å². The lowest BCUT2D eigenvalue weighted by molar-refractivity contribution is -0.126. The normalized spacial score (nSPS) is 21.9. The van der Waals surface area contributed by atoms with Crippen LogP contribution in [0.1, 0.15) is 56.6 Å². The number of amides is 2. The van der Waals surface area contributed by atoms with Crippen LogP contribution >= 0.6 is 11.6 Å². The molecule has 1 saturated carbocycles. The second-order valence-corrected chi connectivity index (χ2v) is 8.65. The van der Waals surface area contributed by atoms with Crippen molar-refractivity contribution in [2.45, 2.75) is 57.8 Å². The minimum Gasteiger partial charge on any atom is -0.322 e. The average molecular weight is 416 g/mol. The first-order valence-electron chi connectivity index (χ1n) is 10.1. The first-order valence-corrected chi connectivity index (χ1v) is 10.5. The van der Waals surface area contributed by atoms with Crippen molar-refractivity contribution in [2.24, 2.45) is 5.92 Å². The summed E-state index contributed by atoms with van der Waals surface area (Å²) in [5.41, 5.74) is 1.83. The van der Waals surface area contributed by atoms with Crippen LogP contribution in [0, 0.1) is 5.92 Å². The highest BCUT2D eigenvalue weighted by atomic mass is 35.5. The summed E-state index contributed by atoms with van der Waals surface area (Å²) in [4.78, 5) is 24.9. The molecule has 2 aliphatic rings. The summed E-state index contributed by atoms with van der Waals surface area (Å²) in [5.74, 6) is 1.18. The zero-order chi connectivity index (χ0) is 20.5. The van der Waals surface area contributed by atoms with Gasteiger partial charge in [0.25, 0.3) is 0 Å². The summed E-state index contributed by atoms with van der Waals surface area (Å²) in [6.45, 7) is 4.17. The maximum Gasteiger partial charge on any atom is 0.229 e. The molecule has 1 aromatic carbocycles. The molecular weight excluding hydrogens is 390 g/mol. The van der Waals surface area contributed by atoms with Crippen molar-refractivity contribution in [3.63, 3.8) is 0 Å². The van der Waals surface area contributed by atoms with Crippen molar-refractivity contribution in [2.75, 3.05) is 5.32 Å². The van der Waals surface area contributed by atoms with Crippen LogP contribution in [0.5, 0.6) is 0 Å². The minimum atomic E-state index is -0.484. The number of aromatic nitrogens is 2. The molecule has 0 bridgehead atoms. The number of nitrogens with one attached hydrogen (secondary N) is 3. The lowest BCUT2D eigenvalue weighted by Gasteiger charge is -2.34. The van der Waals surface area contributed by atoms with E-state index in [4.69, 9.17) is 16.7 Å². The molecule has 3 N–H and O–H groups in total. The van der Waals surface area contributed by atoms with Crippen LogP contribution in [0.3, 0.4) is 0 Å². The lowest BCUT2D eigenvalue weighted by Crippen LogP contribution is -2.55. The van der Waals surface area contributed by atoms with Gasteiger partial charge in [-0.05, 0) is 36.5 Å². The van der Waals surface area contributed by atoms with Crippen molar-refractivity contribution in [1.82, 2.24) is 20.4 Å². The molecule has 1 saturated heterocycles. The standard InChI is InChI=1S/C21H26ClN5O2/c1-12(2)16-11-20(29)25-21(23-16)27-18(10-17(26-27)14-5-6-14)24-19(28)9-13-3-7-15(22)8-4-13/h3-4,7-8,10,12,14,16,21,23H,5-6,9,11H2,1-2H3,(H,24,28)(H,25,29). The SMILES string of the molecule is CC(C)C1CC(=O)NC(n2nc(C3CC3)cc2NC(=O)Cc2ccc(Cl)cc2)N1. The van der Waals surface area contributed by atoms with Gasteiger partial charge >= 0.3 is 0 Å². The molecule has 2 heterocycles. The number of hydrogen-bond acceptors (Lipinski definition) is 4. The van der Waals surface area contributed by atoms with Crippen LogP contribution in [0.25, 0.3) is 0 Å². The molecule has 2 amide bonds. The topological polar surface area (TPSA) is 88.1 Å². The van der Waals surface area contributed by atoms with Crippen LogP contribution in [-0.2, 0) is 16.0 Å². The number of hydrogen-bond donors (Lipinski definition) is 3. The summed E-state index contributed by atoms with van der Waals surface area (Å²) in [5, 5.41) is 14.7. The Morgan fingerprint density at radius 1 is 1.31 bits per heavy atom. The van der Waals surface area contributed by atoms with Gasteiger partial charge in [-0.3, -0.25) is 14.9 Å². The molecule has 2 fully saturated rings. The highest BCUT2D eigenvalue weighted by Gasteiger charge is 2.33. The van der Waals surface area contributed by atoms with Gasteiger partial charge in [0.2, 0.25) is 11.8 Å². The summed E-state index contributed by atoms with van der Waals surface area (Å²) in [6.07, 6.45) is 2.40. The van der Waals surface area contributed by atoms with E-state index in [2.05, 4.69) is 29.8 Å². The second-order valence-electron chi connectivity index (χ2n) is 8.22. The summed E-state index contributed by atoms with van der Waals surface area (Å²) < 4.78 is 1.69. The first kappa shape index (κ1) is 19.9.